The predicted molar refractivity (Wildman–Crippen MR) is 83.8 cm³/mol. The average Bonchev–Trinajstić information content (AvgIpc) is 3.18. The molecule has 0 aliphatic carbocycles. The topological polar surface area (TPSA) is 92.2 Å². The molecule has 8 heteroatoms. The minimum absolute atomic E-state index is 0.172. The first-order chi connectivity index (χ1) is 11.2. The highest BCUT2D eigenvalue weighted by atomic mass is 16.2. The molecule has 1 aromatic rings. The number of likely N-dealkylation sites (tertiary alicyclic amines) is 1. The quantitative estimate of drug-likeness (QED) is 0.746. The molecule has 2 saturated heterocycles. The number of hydrogen-bond acceptors (Lipinski definition) is 5. The molecule has 2 N–H and O–H groups in total. The highest BCUT2D eigenvalue weighted by Gasteiger charge is 2.20. The summed E-state index contributed by atoms with van der Waals surface area (Å²) in [7, 11) is 0. The summed E-state index contributed by atoms with van der Waals surface area (Å²) in [6.45, 7) is 4.67. The second-order valence-electron chi connectivity index (χ2n) is 6.28. The molecule has 1 unspecified atom stereocenters. The Morgan fingerprint density at radius 1 is 1.43 bits per heavy atom. The lowest BCUT2D eigenvalue weighted by Gasteiger charge is -2.22. The summed E-state index contributed by atoms with van der Waals surface area (Å²) < 4.78 is 1.75. The fraction of sp³-hybridized carbons (Fsp3) is 0.733. The van der Waals surface area contributed by atoms with Crippen LogP contribution < -0.4 is 10.6 Å². The summed E-state index contributed by atoms with van der Waals surface area (Å²) in [5.41, 5.74) is 0.335. The summed E-state index contributed by atoms with van der Waals surface area (Å²) in [5, 5.41) is 14.2. The molecule has 0 aromatic carbocycles. The van der Waals surface area contributed by atoms with Gasteiger partial charge >= 0.3 is 0 Å². The van der Waals surface area contributed by atoms with Crippen LogP contribution in [0.25, 0.3) is 0 Å². The van der Waals surface area contributed by atoms with Gasteiger partial charge in [-0.2, -0.15) is 0 Å². The molecule has 3 heterocycles. The average molecular weight is 320 g/mol. The van der Waals surface area contributed by atoms with Crippen molar-refractivity contribution in [3.63, 3.8) is 0 Å². The molecule has 0 spiro atoms. The van der Waals surface area contributed by atoms with Gasteiger partial charge in [0.05, 0.1) is 6.20 Å². The van der Waals surface area contributed by atoms with Gasteiger partial charge in [-0.1, -0.05) is 5.21 Å². The summed E-state index contributed by atoms with van der Waals surface area (Å²) in [5.74, 6) is 0.485. The van der Waals surface area contributed by atoms with E-state index in [1.165, 1.54) is 12.8 Å². The molecule has 0 radical (unpaired) electrons. The molecular formula is C15H24N6O2. The Morgan fingerprint density at radius 3 is 3.09 bits per heavy atom. The highest BCUT2D eigenvalue weighted by molar-refractivity contribution is 5.91. The summed E-state index contributed by atoms with van der Waals surface area (Å²) in [6.07, 6.45) is 5.60. The Kier molecular flexibility index (Phi) is 5.22. The Morgan fingerprint density at radius 2 is 2.35 bits per heavy atom. The zero-order valence-electron chi connectivity index (χ0n) is 13.3. The lowest BCUT2D eigenvalue weighted by molar-refractivity contribution is -0.127. The maximum absolute atomic E-state index is 12.1. The first kappa shape index (κ1) is 15.9. The van der Waals surface area contributed by atoms with E-state index in [1.54, 1.807) is 15.8 Å². The van der Waals surface area contributed by atoms with Crippen LogP contribution in [0.1, 0.15) is 36.2 Å². The van der Waals surface area contributed by atoms with Gasteiger partial charge in [0.1, 0.15) is 0 Å². The second-order valence-corrected chi connectivity index (χ2v) is 6.28. The number of amides is 2. The van der Waals surface area contributed by atoms with Crippen molar-refractivity contribution in [1.29, 1.82) is 0 Å². The van der Waals surface area contributed by atoms with Crippen molar-refractivity contribution in [1.82, 2.24) is 30.5 Å². The minimum Gasteiger partial charge on any atom is -0.349 e. The molecule has 0 bridgehead atoms. The van der Waals surface area contributed by atoms with E-state index >= 15 is 0 Å². The van der Waals surface area contributed by atoms with Crippen LogP contribution in [0.5, 0.6) is 0 Å². The number of aromatic nitrogens is 3. The predicted octanol–water partition coefficient (Wildman–Crippen LogP) is -0.370. The molecule has 2 aliphatic heterocycles. The molecular weight excluding hydrogens is 296 g/mol. The molecule has 2 fully saturated rings. The Bertz CT molecular complexity index is 552. The van der Waals surface area contributed by atoms with Crippen LogP contribution in [0.4, 0.5) is 0 Å². The van der Waals surface area contributed by atoms with E-state index in [9.17, 15) is 9.59 Å². The zero-order chi connectivity index (χ0) is 16.1. The molecule has 1 aromatic heterocycles. The van der Waals surface area contributed by atoms with Crippen molar-refractivity contribution in [3.8, 4) is 0 Å². The lowest BCUT2D eigenvalue weighted by atomic mass is 10.00. The molecule has 1 atom stereocenters. The summed E-state index contributed by atoms with van der Waals surface area (Å²) in [4.78, 5) is 25.3. The number of hydrogen-bond donors (Lipinski definition) is 2. The second kappa shape index (κ2) is 7.54. The van der Waals surface area contributed by atoms with Gasteiger partial charge in [0.25, 0.3) is 5.91 Å². The molecule has 0 saturated carbocycles. The first-order valence-corrected chi connectivity index (χ1v) is 8.39. The molecule has 126 valence electrons. The van der Waals surface area contributed by atoms with Crippen LogP contribution in [-0.2, 0) is 11.3 Å². The van der Waals surface area contributed by atoms with Gasteiger partial charge in [-0.3, -0.25) is 14.3 Å². The van der Waals surface area contributed by atoms with E-state index in [4.69, 9.17) is 0 Å². The smallest absolute Gasteiger partial charge is 0.273 e. The SMILES string of the molecule is O=C(NCCN1CCCC1=O)c1cn(CC2CCCNC2)nn1. The molecule has 2 aliphatic rings. The van der Waals surface area contributed by atoms with Gasteiger partial charge in [0, 0.05) is 32.6 Å². The van der Waals surface area contributed by atoms with Gasteiger partial charge < -0.3 is 15.5 Å². The van der Waals surface area contributed by atoms with Crippen LogP contribution in [0.3, 0.4) is 0 Å². The van der Waals surface area contributed by atoms with E-state index in [2.05, 4.69) is 20.9 Å². The number of nitrogens with one attached hydrogen (secondary N) is 2. The van der Waals surface area contributed by atoms with Gasteiger partial charge in [-0.25, -0.2) is 0 Å². The number of rotatable bonds is 6. The molecule has 23 heavy (non-hydrogen) atoms. The van der Waals surface area contributed by atoms with Crippen molar-refractivity contribution in [2.75, 3.05) is 32.7 Å². The maximum atomic E-state index is 12.1. The van der Waals surface area contributed by atoms with E-state index in [1.807, 2.05) is 0 Å². The largest absolute Gasteiger partial charge is 0.349 e. The number of carbonyl (C=O) groups excluding carboxylic acids is 2. The van der Waals surface area contributed by atoms with Gasteiger partial charge in [-0.05, 0) is 38.3 Å². The van der Waals surface area contributed by atoms with Crippen LogP contribution in [0.2, 0.25) is 0 Å². The van der Waals surface area contributed by atoms with Crippen molar-refractivity contribution in [2.45, 2.75) is 32.2 Å². The zero-order valence-corrected chi connectivity index (χ0v) is 13.3. The standard InChI is InChI=1S/C15H24N6O2/c22-14-4-2-7-20(14)8-6-17-15(23)13-11-21(19-18-13)10-12-3-1-5-16-9-12/h11-12,16H,1-10H2,(H,17,23). The van der Waals surface area contributed by atoms with Crippen LogP contribution in [0, 0.1) is 5.92 Å². The number of piperidine rings is 1. The van der Waals surface area contributed by atoms with Crippen molar-refractivity contribution in [3.05, 3.63) is 11.9 Å². The highest BCUT2D eigenvalue weighted by Crippen LogP contribution is 2.12. The van der Waals surface area contributed by atoms with Crippen LogP contribution >= 0.6 is 0 Å². The van der Waals surface area contributed by atoms with Gasteiger partial charge in [0.2, 0.25) is 5.91 Å². The Hall–Kier alpha value is -1.96. The van der Waals surface area contributed by atoms with E-state index in [0.717, 1.165) is 32.6 Å². The van der Waals surface area contributed by atoms with Crippen molar-refractivity contribution in [2.24, 2.45) is 5.92 Å². The third kappa shape index (κ3) is 4.28. The lowest BCUT2D eigenvalue weighted by Crippen LogP contribution is -2.35. The van der Waals surface area contributed by atoms with Crippen molar-refractivity contribution < 1.29 is 9.59 Å². The van der Waals surface area contributed by atoms with Gasteiger partial charge in [0.15, 0.2) is 5.69 Å². The van der Waals surface area contributed by atoms with Crippen LogP contribution in [0.15, 0.2) is 6.20 Å². The third-order valence-electron chi connectivity index (χ3n) is 4.45. The number of nitrogens with zero attached hydrogens (tertiary/aromatic N) is 4. The molecule has 2 amide bonds. The Labute approximate surface area is 135 Å². The number of carbonyl (C=O) groups is 2. The van der Waals surface area contributed by atoms with E-state index in [0.29, 0.717) is 31.1 Å². The summed E-state index contributed by atoms with van der Waals surface area (Å²) in [6, 6.07) is 0. The van der Waals surface area contributed by atoms with E-state index < -0.39 is 0 Å². The monoisotopic (exact) mass is 320 g/mol. The Balaban J connectivity index is 1.43. The first-order valence-electron chi connectivity index (χ1n) is 8.39. The molecule has 3 rings (SSSR count). The fourth-order valence-corrected chi connectivity index (χ4v) is 3.17. The summed E-state index contributed by atoms with van der Waals surface area (Å²) >= 11 is 0. The third-order valence-corrected chi connectivity index (χ3v) is 4.45. The maximum Gasteiger partial charge on any atom is 0.273 e. The minimum atomic E-state index is -0.232. The molecule has 8 nitrogen and oxygen atoms in total. The van der Waals surface area contributed by atoms with Gasteiger partial charge in [-0.15, -0.1) is 5.10 Å². The van der Waals surface area contributed by atoms with Crippen LogP contribution in [-0.4, -0.2) is 64.4 Å². The normalized spacial score (nSPS) is 21.7. The van der Waals surface area contributed by atoms with Crippen molar-refractivity contribution >= 4 is 11.8 Å². The fourth-order valence-electron chi connectivity index (χ4n) is 3.17. The van der Waals surface area contributed by atoms with E-state index in [-0.39, 0.29) is 11.8 Å².